The van der Waals surface area contributed by atoms with Gasteiger partial charge in [0.25, 0.3) is 0 Å². The lowest BCUT2D eigenvalue weighted by molar-refractivity contribution is -0.216. The lowest BCUT2D eigenvalue weighted by Gasteiger charge is -2.56. The quantitative estimate of drug-likeness (QED) is 0.0261. The first-order valence-electron chi connectivity index (χ1n) is 29.9. The number of alkyl halides is 2. The van der Waals surface area contributed by atoms with Gasteiger partial charge in [0.1, 0.15) is 37.9 Å². The zero-order valence-electron chi connectivity index (χ0n) is 47.9. The summed E-state index contributed by atoms with van der Waals surface area (Å²) < 4.78 is 67.3. The zero-order valence-corrected chi connectivity index (χ0v) is 47.9. The SMILES string of the molecule is CCCCC/C=C\CCOC(=O)CCCCC(=O)OCC(COC(=O)CCCCC(=O)OCC/C=C\CCCCC)(COC(=O)CCC(CCCCCC)OC(=O)NCCN1CCCC1)COC(=O)C1CC2(C1)CC(F)(F)C2. The molecular weight excluding hydrogens is 1010 g/mol. The number of halogens is 2. The maximum atomic E-state index is 13.8. The molecule has 0 aromatic carbocycles. The van der Waals surface area contributed by atoms with Crippen LogP contribution in [0.1, 0.15) is 220 Å². The van der Waals surface area contributed by atoms with Gasteiger partial charge in [-0.1, -0.05) is 90.0 Å². The number of amides is 1. The van der Waals surface area contributed by atoms with Gasteiger partial charge in [-0.25, -0.2) is 13.6 Å². The summed E-state index contributed by atoms with van der Waals surface area (Å²) in [5.74, 6) is -6.82. The van der Waals surface area contributed by atoms with Crippen LogP contribution in [-0.2, 0) is 61.9 Å². The first-order valence-corrected chi connectivity index (χ1v) is 29.9. The fraction of sp³-hybridized carbons (Fsp3) is 0.817. The Morgan fingerprint density at radius 3 is 1.49 bits per heavy atom. The highest BCUT2D eigenvalue weighted by atomic mass is 19.3. The van der Waals surface area contributed by atoms with Gasteiger partial charge in [0.05, 0.1) is 19.1 Å². The molecule has 16 nitrogen and oxygen atoms in total. The van der Waals surface area contributed by atoms with E-state index >= 15 is 0 Å². The number of unbranched alkanes of at least 4 members (excludes halogenated alkanes) is 11. The van der Waals surface area contributed by atoms with Gasteiger partial charge in [-0.05, 0) is 128 Å². The summed E-state index contributed by atoms with van der Waals surface area (Å²) in [6, 6.07) is 0. The molecule has 0 aromatic heterocycles. The fourth-order valence-electron chi connectivity index (χ4n) is 10.1. The van der Waals surface area contributed by atoms with Crippen molar-refractivity contribution in [2.45, 2.75) is 232 Å². The van der Waals surface area contributed by atoms with Gasteiger partial charge < -0.3 is 43.4 Å². The van der Waals surface area contributed by atoms with Crippen LogP contribution in [0.3, 0.4) is 0 Å². The van der Waals surface area contributed by atoms with Gasteiger partial charge in [0.2, 0.25) is 5.92 Å². The van der Waals surface area contributed by atoms with Crippen molar-refractivity contribution >= 4 is 41.9 Å². The van der Waals surface area contributed by atoms with E-state index in [-0.39, 0.29) is 89.4 Å². The highest BCUT2D eigenvalue weighted by Crippen LogP contribution is 2.64. The van der Waals surface area contributed by atoms with Gasteiger partial charge in [-0.15, -0.1) is 0 Å². The highest BCUT2D eigenvalue weighted by Gasteiger charge is 2.63. The van der Waals surface area contributed by atoms with Gasteiger partial charge in [0.15, 0.2) is 0 Å². The average molecular weight is 1110 g/mol. The van der Waals surface area contributed by atoms with Gasteiger partial charge in [0, 0.05) is 58.0 Å². The van der Waals surface area contributed by atoms with E-state index in [2.05, 4.69) is 43.1 Å². The number of nitrogens with zero attached hydrogens (tertiary/aromatic N) is 1. The fourth-order valence-corrected chi connectivity index (χ4v) is 10.1. The molecule has 78 heavy (non-hydrogen) atoms. The summed E-state index contributed by atoms with van der Waals surface area (Å²) in [4.78, 5) is 93.6. The molecule has 3 aliphatic rings. The summed E-state index contributed by atoms with van der Waals surface area (Å²) in [6.07, 6.45) is 24.9. The summed E-state index contributed by atoms with van der Waals surface area (Å²) in [5, 5.41) is 2.83. The van der Waals surface area contributed by atoms with Crippen LogP contribution < -0.4 is 5.32 Å². The van der Waals surface area contributed by atoms with Gasteiger partial charge in [-0.2, -0.15) is 0 Å². The van der Waals surface area contributed by atoms with E-state index in [9.17, 15) is 42.3 Å². The number of alkyl carbamates (subject to hydrolysis) is 1. The minimum atomic E-state index is -2.76. The summed E-state index contributed by atoms with van der Waals surface area (Å²) in [7, 11) is 0. The zero-order chi connectivity index (χ0) is 56.8. The molecule has 446 valence electrons. The molecular formula is C60H98F2N2O14. The van der Waals surface area contributed by atoms with Crippen molar-refractivity contribution in [2.75, 3.05) is 65.8 Å². The van der Waals surface area contributed by atoms with Crippen LogP contribution >= 0.6 is 0 Å². The third-order valence-corrected chi connectivity index (χ3v) is 14.7. The predicted molar refractivity (Wildman–Crippen MR) is 292 cm³/mol. The topological polar surface area (TPSA) is 199 Å². The van der Waals surface area contributed by atoms with Crippen LogP contribution in [-0.4, -0.2) is 125 Å². The van der Waals surface area contributed by atoms with E-state index in [1.807, 2.05) is 12.2 Å². The molecule has 1 unspecified atom stereocenters. The highest BCUT2D eigenvalue weighted by molar-refractivity contribution is 5.74. The number of nitrogens with one attached hydrogen (secondary N) is 1. The molecule has 0 aromatic rings. The van der Waals surface area contributed by atoms with Gasteiger partial charge >= 0.3 is 41.9 Å². The molecule has 1 atom stereocenters. The Morgan fingerprint density at radius 1 is 0.551 bits per heavy atom. The molecule has 2 aliphatic carbocycles. The number of hydrogen-bond acceptors (Lipinski definition) is 15. The molecule has 1 N–H and O–H groups in total. The largest absolute Gasteiger partial charge is 0.465 e. The summed E-state index contributed by atoms with van der Waals surface area (Å²) in [6.45, 7) is 8.02. The van der Waals surface area contributed by atoms with Crippen molar-refractivity contribution in [2.24, 2.45) is 16.7 Å². The van der Waals surface area contributed by atoms with E-state index in [0.29, 0.717) is 58.0 Å². The number of rotatable bonds is 45. The van der Waals surface area contributed by atoms with Crippen LogP contribution in [0.25, 0.3) is 0 Å². The van der Waals surface area contributed by atoms with E-state index in [4.69, 9.17) is 33.2 Å². The lowest BCUT2D eigenvalue weighted by Crippen LogP contribution is -2.55. The molecule has 3 rings (SSSR count). The van der Waals surface area contributed by atoms with Crippen molar-refractivity contribution in [1.29, 1.82) is 0 Å². The van der Waals surface area contributed by atoms with Crippen LogP contribution in [0.4, 0.5) is 13.6 Å². The van der Waals surface area contributed by atoms with Crippen molar-refractivity contribution in [1.82, 2.24) is 10.2 Å². The second-order valence-corrected chi connectivity index (χ2v) is 22.2. The van der Waals surface area contributed by atoms with E-state index < -0.39 is 85.2 Å². The van der Waals surface area contributed by atoms with Crippen LogP contribution in [0.5, 0.6) is 0 Å². The number of hydrogen-bond donors (Lipinski definition) is 1. The maximum absolute atomic E-state index is 13.8. The lowest BCUT2D eigenvalue weighted by atomic mass is 9.50. The number of allylic oxidation sites excluding steroid dienone is 2. The Labute approximate surface area is 464 Å². The van der Waals surface area contributed by atoms with Crippen molar-refractivity contribution in [3.05, 3.63) is 24.3 Å². The molecule has 3 fully saturated rings. The minimum Gasteiger partial charge on any atom is -0.465 e. The molecule has 1 saturated heterocycles. The maximum Gasteiger partial charge on any atom is 0.407 e. The number of likely N-dealkylation sites (tertiary alicyclic amines) is 1. The molecule has 1 amide bonds. The summed E-state index contributed by atoms with van der Waals surface area (Å²) >= 11 is 0. The third kappa shape index (κ3) is 30.7. The van der Waals surface area contributed by atoms with Crippen LogP contribution in [0, 0.1) is 16.7 Å². The molecule has 1 aliphatic heterocycles. The van der Waals surface area contributed by atoms with Gasteiger partial charge in [-0.3, -0.25) is 28.8 Å². The second-order valence-electron chi connectivity index (χ2n) is 22.2. The summed E-state index contributed by atoms with van der Waals surface area (Å²) in [5.41, 5.74) is -2.21. The number of carbonyl (C=O) groups excluding carboxylic acids is 7. The van der Waals surface area contributed by atoms with Crippen molar-refractivity contribution < 1.29 is 75.5 Å². The smallest absolute Gasteiger partial charge is 0.407 e. The molecule has 18 heteroatoms. The molecule has 1 heterocycles. The Kier molecular flexibility index (Phi) is 34.4. The van der Waals surface area contributed by atoms with Crippen molar-refractivity contribution in [3.8, 4) is 0 Å². The predicted octanol–water partition coefficient (Wildman–Crippen LogP) is 12.2. The normalized spacial score (nSPS) is 16.3. The average Bonchev–Trinajstić information content (AvgIpc) is 4.06. The van der Waals surface area contributed by atoms with Crippen molar-refractivity contribution in [3.63, 3.8) is 0 Å². The van der Waals surface area contributed by atoms with Crippen LogP contribution in [0.15, 0.2) is 24.3 Å². The van der Waals surface area contributed by atoms with E-state index in [1.54, 1.807) is 0 Å². The van der Waals surface area contributed by atoms with E-state index in [0.717, 1.165) is 90.1 Å². The molecule has 0 bridgehead atoms. The number of esters is 6. The minimum absolute atomic E-state index is 0.0817. The Morgan fingerprint density at radius 2 is 1.00 bits per heavy atom. The van der Waals surface area contributed by atoms with Crippen LogP contribution in [0.2, 0.25) is 0 Å². The first kappa shape index (κ1) is 67.7. The Balaban J connectivity index is 1.67. The molecule has 0 radical (unpaired) electrons. The Hall–Kier alpha value is -4.61. The number of carbonyl (C=O) groups is 7. The van der Waals surface area contributed by atoms with E-state index in [1.165, 1.54) is 12.8 Å². The standard InChI is InChI=1S/C60H98F2N2O14/c1-4-7-10-13-15-17-26-39-72-51(65)29-20-22-31-53(67)74-45-59(48-77-56(70)49-41-58(42-49)43-60(61,62)44-58,46-75-54(68)32-23-21-30-52(66)73-40-27-18-16-14-11-8-5-2)47-76-55(69)34-33-50(28-19-12-9-6-3)78-57(71)63-35-38-64-36-24-25-37-64/h15-18,49-50H,4-14,19-48H2,1-3H3,(H,63,71)/b17-15-,18-16-. The molecule has 1 spiro atoms. The monoisotopic (exact) mass is 1110 g/mol. The second kappa shape index (κ2) is 39.7. The third-order valence-electron chi connectivity index (χ3n) is 14.7. The first-order chi connectivity index (χ1) is 37.6. The number of ether oxygens (including phenoxy) is 7. The Bertz CT molecular complexity index is 1740. The molecule has 2 saturated carbocycles.